The molecular formula is C10H16FNO. The number of carbonyl (C=O) groups excluding carboxylic acids is 1. The highest BCUT2D eigenvalue weighted by Gasteiger charge is 2.31. The molecule has 0 aromatic heterocycles. The Balaban J connectivity index is 2.30. The summed E-state index contributed by atoms with van der Waals surface area (Å²) in [6, 6.07) is 0. The molecule has 0 aromatic rings. The average Bonchev–Trinajstić information content (AvgIpc) is 2.03. The second-order valence-corrected chi connectivity index (χ2v) is 4.14. The van der Waals surface area contributed by atoms with Crippen LogP contribution < -0.4 is 0 Å². The summed E-state index contributed by atoms with van der Waals surface area (Å²) < 4.78 is 13.5. The van der Waals surface area contributed by atoms with Crippen LogP contribution in [0, 0.1) is 5.92 Å². The normalized spacial score (nSPS) is 33.8. The summed E-state index contributed by atoms with van der Waals surface area (Å²) >= 11 is 0. The van der Waals surface area contributed by atoms with E-state index >= 15 is 0 Å². The van der Waals surface area contributed by atoms with Gasteiger partial charge in [-0.3, -0.25) is 0 Å². The second kappa shape index (κ2) is 4.52. The molecule has 0 N–H and O–H groups in total. The van der Waals surface area contributed by atoms with Crippen LogP contribution in [0.15, 0.2) is 4.99 Å². The standard InChI is InChI=1S/C10H16FNO/c1-10(11)5-2-3-9(7-10)4-6-12-8-13/h9H,2-7H2,1H3. The van der Waals surface area contributed by atoms with Gasteiger partial charge in [-0.25, -0.2) is 14.2 Å². The van der Waals surface area contributed by atoms with E-state index in [-0.39, 0.29) is 0 Å². The van der Waals surface area contributed by atoms with E-state index in [0.29, 0.717) is 25.3 Å². The maximum Gasteiger partial charge on any atom is 0.234 e. The van der Waals surface area contributed by atoms with Gasteiger partial charge in [0, 0.05) is 0 Å². The van der Waals surface area contributed by atoms with Crippen LogP contribution >= 0.6 is 0 Å². The molecule has 0 amide bonds. The lowest BCUT2D eigenvalue weighted by Gasteiger charge is -2.31. The Bertz CT molecular complexity index is 209. The van der Waals surface area contributed by atoms with Gasteiger partial charge in [0.15, 0.2) is 0 Å². The van der Waals surface area contributed by atoms with Gasteiger partial charge in [-0.05, 0) is 32.1 Å². The summed E-state index contributed by atoms with van der Waals surface area (Å²) in [6.07, 6.45) is 5.68. The highest BCUT2D eigenvalue weighted by molar-refractivity contribution is 5.32. The first-order chi connectivity index (χ1) is 6.14. The molecule has 13 heavy (non-hydrogen) atoms. The van der Waals surface area contributed by atoms with Crippen LogP contribution in [0.5, 0.6) is 0 Å². The van der Waals surface area contributed by atoms with Crippen molar-refractivity contribution in [1.29, 1.82) is 0 Å². The van der Waals surface area contributed by atoms with Crippen LogP contribution in [0.4, 0.5) is 4.39 Å². The van der Waals surface area contributed by atoms with E-state index in [1.54, 1.807) is 6.92 Å². The predicted octanol–water partition coefficient (Wildman–Crippen LogP) is 2.63. The van der Waals surface area contributed by atoms with Crippen molar-refractivity contribution < 1.29 is 9.18 Å². The van der Waals surface area contributed by atoms with Gasteiger partial charge in [-0.2, -0.15) is 0 Å². The molecular weight excluding hydrogens is 169 g/mol. The van der Waals surface area contributed by atoms with Crippen molar-refractivity contribution in [3.05, 3.63) is 0 Å². The van der Waals surface area contributed by atoms with E-state index in [2.05, 4.69) is 4.99 Å². The molecule has 0 aromatic carbocycles. The lowest BCUT2D eigenvalue weighted by molar-refractivity contribution is 0.0920. The van der Waals surface area contributed by atoms with Gasteiger partial charge in [0.2, 0.25) is 6.08 Å². The summed E-state index contributed by atoms with van der Waals surface area (Å²) in [5, 5.41) is 0. The van der Waals surface area contributed by atoms with Crippen LogP contribution in [-0.4, -0.2) is 18.3 Å². The Labute approximate surface area is 78.2 Å². The zero-order valence-corrected chi connectivity index (χ0v) is 8.05. The van der Waals surface area contributed by atoms with Crippen molar-refractivity contribution in [2.75, 3.05) is 6.54 Å². The Morgan fingerprint density at radius 2 is 2.46 bits per heavy atom. The minimum atomic E-state index is -0.992. The summed E-state index contributed by atoms with van der Waals surface area (Å²) in [5.74, 6) is 0.404. The van der Waals surface area contributed by atoms with Crippen molar-refractivity contribution in [3.63, 3.8) is 0 Å². The highest BCUT2D eigenvalue weighted by Crippen LogP contribution is 2.36. The maximum atomic E-state index is 13.5. The number of rotatable bonds is 3. The minimum absolute atomic E-state index is 0.404. The van der Waals surface area contributed by atoms with Crippen LogP contribution in [0.25, 0.3) is 0 Å². The molecule has 0 saturated heterocycles. The molecule has 0 bridgehead atoms. The van der Waals surface area contributed by atoms with Gasteiger partial charge in [0.05, 0.1) is 6.54 Å². The fourth-order valence-electron chi connectivity index (χ4n) is 2.10. The molecule has 0 spiro atoms. The first-order valence-electron chi connectivity index (χ1n) is 4.86. The Morgan fingerprint density at radius 3 is 3.08 bits per heavy atom. The fourth-order valence-corrected chi connectivity index (χ4v) is 2.10. The van der Waals surface area contributed by atoms with E-state index < -0.39 is 5.67 Å². The molecule has 2 atom stereocenters. The zero-order valence-electron chi connectivity index (χ0n) is 8.05. The largest absolute Gasteiger partial charge is 0.244 e. The number of alkyl halides is 1. The van der Waals surface area contributed by atoms with Crippen molar-refractivity contribution in [2.45, 2.75) is 44.7 Å². The Morgan fingerprint density at radius 1 is 1.69 bits per heavy atom. The van der Waals surface area contributed by atoms with Crippen LogP contribution in [0.2, 0.25) is 0 Å². The summed E-state index contributed by atoms with van der Waals surface area (Å²) in [5.41, 5.74) is -0.992. The molecule has 1 aliphatic rings. The first-order valence-corrected chi connectivity index (χ1v) is 4.86. The SMILES string of the molecule is CC1(F)CCCC(CCN=C=O)C1. The number of hydrogen-bond donors (Lipinski definition) is 0. The maximum absolute atomic E-state index is 13.5. The van der Waals surface area contributed by atoms with Gasteiger partial charge in [0.25, 0.3) is 0 Å². The van der Waals surface area contributed by atoms with Crippen molar-refractivity contribution in [1.82, 2.24) is 0 Å². The molecule has 0 heterocycles. The molecule has 1 fully saturated rings. The minimum Gasteiger partial charge on any atom is -0.244 e. The van der Waals surface area contributed by atoms with Gasteiger partial charge in [0.1, 0.15) is 5.67 Å². The molecule has 0 radical (unpaired) electrons. The van der Waals surface area contributed by atoms with Gasteiger partial charge in [-0.1, -0.05) is 12.8 Å². The first kappa shape index (κ1) is 10.4. The molecule has 2 nitrogen and oxygen atoms in total. The van der Waals surface area contributed by atoms with Crippen LogP contribution in [0.3, 0.4) is 0 Å². The van der Waals surface area contributed by atoms with Crippen molar-refractivity contribution >= 4 is 6.08 Å². The van der Waals surface area contributed by atoms with Crippen molar-refractivity contribution in [2.24, 2.45) is 10.9 Å². The molecule has 1 saturated carbocycles. The Hall–Kier alpha value is -0.690. The highest BCUT2D eigenvalue weighted by atomic mass is 19.1. The van der Waals surface area contributed by atoms with Gasteiger partial charge < -0.3 is 0 Å². The number of nitrogens with zero attached hydrogens (tertiary/aromatic N) is 1. The van der Waals surface area contributed by atoms with Crippen LogP contribution in [0.1, 0.15) is 39.0 Å². The molecule has 74 valence electrons. The van der Waals surface area contributed by atoms with Gasteiger partial charge in [-0.15, -0.1) is 0 Å². The predicted molar refractivity (Wildman–Crippen MR) is 49.1 cm³/mol. The number of aliphatic imine (C=N–C) groups is 1. The number of isocyanates is 1. The van der Waals surface area contributed by atoms with Gasteiger partial charge >= 0.3 is 0 Å². The van der Waals surface area contributed by atoms with E-state index in [0.717, 1.165) is 19.3 Å². The third kappa shape index (κ3) is 3.69. The molecule has 1 rings (SSSR count). The summed E-state index contributed by atoms with van der Waals surface area (Å²) in [6.45, 7) is 2.17. The Kier molecular flexibility index (Phi) is 3.61. The van der Waals surface area contributed by atoms with E-state index in [4.69, 9.17) is 0 Å². The second-order valence-electron chi connectivity index (χ2n) is 4.14. The monoisotopic (exact) mass is 185 g/mol. The fraction of sp³-hybridized carbons (Fsp3) is 0.900. The lowest BCUT2D eigenvalue weighted by Crippen LogP contribution is -2.27. The third-order valence-electron chi connectivity index (χ3n) is 2.74. The zero-order chi connectivity index (χ0) is 9.73. The average molecular weight is 185 g/mol. The molecule has 3 heteroatoms. The smallest absolute Gasteiger partial charge is 0.234 e. The summed E-state index contributed by atoms with van der Waals surface area (Å²) in [7, 11) is 0. The van der Waals surface area contributed by atoms with Crippen molar-refractivity contribution in [3.8, 4) is 0 Å². The van der Waals surface area contributed by atoms with E-state index in [9.17, 15) is 9.18 Å². The summed E-state index contributed by atoms with van der Waals surface area (Å²) in [4.78, 5) is 13.3. The third-order valence-corrected chi connectivity index (χ3v) is 2.74. The topological polar surface area (TPSA) is 29.4 Å². The van der Waals surface area contributed by atoms with Crippen LogP contribution in [-0.2, 0) is 4.79 Å². The molecule has 1 aliphatic carbocycles. The number of hydrogen-bond acceptors (Lipinski definition) is 2. The quantitative estimate of drug-likeness (QED) is 0.491. The molecule has 2 unspecified atom stereocenters. The van der Waals surface area contributed by atoms with E-state index in [1.165, 1.54) is 6.08 Å². The van der Waals surface area contributed by atoms with E-state index in [1.807, 2.05) is 0 Å². The number of halogens is 1. The molecule has 0 aliphatic heterocycles. The lowest BCUT2D eigenvalue weighted by atomic mass is 9.79.